The SMILES string of the molecule is CCCC(c1ccc(C(=O)NCCC(=O)O)cc1)C(OC1=CC(NC)CC(C(F)(F)F)C1C)c1ccc(OC(F)(F)F)cc1. The van der Waals surface area contributed by atoms with E-state index in [9.17, 15) is 35.9 Å². The molecule has 0 radical (unpaired) electrons. The fraction of sp³-hybridized carbons (Fsp3) is 0.484. The van der Waals surface area contributed by atoms with Crippen molar-refractivity contribution in [3.8, 4) is 5.75 Å². The molecule has 13 heteroatoms. The third kappa shape index (κ3) is 9.63. The number of hydrogen-bond acceptors (Lipinski definition) is 5. The van der Waals surface area contributed by atoms with Crippen LogP contribution in [0.2, 0.25) is 0 Å². The smallest absolute Gasteiger partial charge is 0.489 e. The molecule has 0 bridgehead atoms. The number of carbonyl (C=O) groups is 2. The molecule has 1 aliphatic rings. The number of carbonyl (C=O) groups excluding carboxylic acids is 1. The lowest BCUT2D eigenvalue weighted by Gasteiger charge is -2.38. The summed E-state index contributed by atoms with van der Waals surface area (Å²) in [5, 5.41) is 14.2. The minimum absolute atomic E-state index is 0.0574. The number of alkyl halides is 6. The number of amides is 1. The molecule has 0 aliphatic heterocycles. The van der Waals surface area contributed by atoms with Crippen molar-refractivity contribution in [3.05, 3.63) is 77.1 Å². The van der Waals surface area contributed by atoms with E-state index in [1.807, 2.05) is 6.92 Å². The summed E-state index contributed by atoms with van der Waals surface area (Å²) in [5.74, 6) is -5.03. The van der Waals surface area contributed by atoms with Crippen LogP contribution in [0.5, 0.6) is 5.75 Å². The third-order valence-electron chi connectivity index (χ3n) is 7.61. The molecule has 0 saturated carbocycles. The molecule has 0 spiro atoms. The number of hydrogen-bond donors (Lipinski definition) is 3. The first-order chi connectivity index (χ1) is 20.6. The molecule has 242 valence electrons. The lowest BCUT2D eigenvalue weighted by molar-refractivity contribution is -0.274. The number of benzene rings is 2. The predicted molar refractivity (Wildman–Crippen MR) is 150 cm³/mol. The molecular formula is C31H36F6N2O5. The quantitative estimate of drug-likeness (QED) is 0.204. The van der Waals surface area contributed by atoms with Gasteiger partial charge in [-0.2, -0.15) is 13.2 Å². The number of aliphatic carboxylic acids is 1. The topological polar surface area (TPSA) is 96.9 Å². The van der Waals surface area contributed by atoms with Crippen LogP contribution >= 0.6 is 0 Å². The molecule has 7 nitrogen and oxygen atoms in total. The molecule has 44 heavy (non-hydrogen) atoms. The molecule has 3 rings (SSSR count). The number of nitrogens with one attached hydrogen (secondary N) is 2. The van der Waals surface area contributed by atoms with Crippen molar-refractivity contribution >= 4 is 11.9 Å². The molecule has 5 unspecified atom stereocenters. The lowest BCUT2D eigenvalue weighted by atomic mass is 9.80. The van der Waals surface area contributed by atoms with E-state index in [2.05, 4.69) is 15.4 Å². The summed E-state index contributed by atoms with van der Waals surface area (Å²) in [6, 6.07) is 10.9. The first kappa shape index (κ1) is 34.7. The zero-order valence-corrected chi connectivity index (χ0v) is 24.5. The van der Waals surface area contributed by atoms with Gasteiger partial charge in [-0.3, -0.25) is 9.59 Å². The van der Waals surface area contributed by atoms with Gasteiger partial charge in [-0.1, -0.05) is 44.5 Å². The van der Waals surface area contributed by atoms with Gasteiger partial charge in [0.25, 0.3) is 5.91 Å². The van der Waals surface area contributed by atoms with E-state index in [0.29, 0.717) is 24.0 Å². The summed E-state index contributed by atoms with van der Waals surface area (Å²) < 4.78 is 90.8. The Balaban J connectivity index is 2.01. The van der Waals surface area contributed by atoms with Gasteiger partial charge in [-0.05, 0) is 61.4 Å². The number of likely N-dealkylation sites (N-methyl/N-ethyl adjacent to an activating group) is 1. The summed E-state index contributed by atoms with van der Waals surface area (Å²) in [4.78, 5) is 23.2. The molecule has 5 atom stereocenters. The van der Waals surface area contributed by atoms with Crippen molar-refractivity contribution in [2.75, 3.05) is 13.6 Å². The van der Waals surface area contributed by atoms with E-state index < -0.39 is 60.1 Å². The van der Waals surface area contributed by atoms with Gasteiger partial charge in [0.05, 0.1) is 18.1 Å². The normalized spacial score (nSPS) is 20.3. The third-order valence-corrected chi connectivity index (χ3v) is 7.61. The van der Waals surface area contributed by atoms with Gasteiger partial charge in [0.2, 0.25) is 0 Å². The second-order valence-electron chi connectivity index (χ2n) is 10.7. The van der Waals surface area contributed by atoms with Crippen LogP contribution in [0.1, 0.15) is 73.0 Å². The largest absolute Gasteiger partial charge is 0.573 e. The molecular weight excluding hydrogens is 594 g/mol. The Bertz CT molecular complexity index is 1280. The zero-order valence-electron chi connectivity index (χ0n) is 24.5. The van der Waals surface area contributed by atoms with Crippen molar-refractivity contribution in [3.63, 3.8) is 0 Å². The number of allylic oxidation sites excluding steroid dienone is 1. The van der Waals surface area contributed by atoms with Crippen LogP contribution in [0.25, 0.3) is 0 Å². The first-order valence-electron chi connectivity index (χ1n) is 14.2. The average molecular weight is 631 g/mol. The van der Waals surface area contributed by atoms with Gasteiger partial charge in [0, 0.05) is 30.0 Å². The summed E-state index contributed by atoms with van der Waals surface area (Å²) in [5.41, 5.74) is 1.39. The van der Waals surface area contributed by atoms with Crippen LogP contribution < -0.4 is 15.4 Å². The monoisotopic (exact) mass is 630 g/mol. The van der Waals surface area contributed by atoms with Crippen LogP contribution in [0.15, 0.2) is 60.4 Å². The standard InChI is InChI=1S/C31H36F6N2O5/c1-4-5-24(19-6-8-21(9-7-19)29(42)39-15-14-27(40)41)28(20-10-12-23(13-11-20)44-31(35,36)37)43-26-17-22(38-3)16-25(18(26)2)30(32,33)34/h6-13,17-18,22,24-25,28,38H,4-5,14-16H2,1-3H3,(H,39,42)(H,40,41). The second-order valence-corrected chi connectivity index (χ2v) is 10.7. The minimum Gasteiger partial charge on any atom is -0.489 e. The lowest BCUT2D eigenvalue weighted by Crippen LogP contribution is -2.41. The van der Waals surface area contributed by atoms with Gasteiger partial charge in [0.1, 0.15) is 11.9 Å². The maximum atomic E-state index is 14.0. The molecule has 2 aromatic carbocycles. The number of halogens is 6. The molecule has 0 saturated heterocycles. The number of rotatable bonds is 13. The molecule has 1 amide bonds. The molecule has 0 fully saturated rings. The number of carboxylic acid groups (broad SMARTS) is 1. The van der Waals surface area contributed by atoms with Gasteiger partial charge in [0.15, 0.2) is 0 Å². The van der Waals surface area contributed by atoms with Crippen LogP contribution in [0, 0.1) is 11.8 Å². The zero-order chi connectivity index (χ0) is 32.7. The van der Waals surface area contributed by atoms with Crippen molar-refractivity contribution < 1.29 is 50.5 Å². The highest BCUT2D eigenvalue weighted by molar-refractivity contribution is 5.94. The molecule has 2 aromatic rings. The van der Waals surface area contributed by atoms with Gasteiger partial charge in [-0.25, -0.2) is 0 Å². The van der Waals surface area contributed by atoms with Crippen molar-refractivity contribution in [1.29, 1.82) is 0 Å². The Kier molecular flexibility index (Phi) is 11.7. The maximum Gasteiger partial charge on any atom is 0.573 e. The van der Waals surface area contributed by atoms with Crippen molar-refractivity contribution in [2.24, 2.45) is 11.8 Å². The predicted octanol–water partition coefficient (Wildman–Crippen LogP) is 7.12. The Morgan fingerprint density at radius 2 is 1.61 bits per heavy atom. The highest BCUT2D eigenvalue weighted by Gasteiger charge is 2.48. The van der Waals surface area contributed by atoms with Gasteiger partial charge < -0.3 is 25.2 Å². The fourth-order valence-corrected chi connectivity index (χ4v) is 5.32. The van der Waals surface area contributed by atoms with Gasteiger partial charge >= 0.3 is 18.5 Å². The molecule has 3 N–H and O–H groups in total. The van der Waals surface area contributed by atoms with E-state index in [4.69, 9.17) is 9.84 Å². The van der Waals surface area contributed by atoms with E-state index >= 15 is 0 Å². The number of ether oxygens (including phenoxy) is 2. The van der Waals surface area contributed by atoms with Crippen LogP contribution in [-0.4, -0.2) is 49.2 Å². The number of carboxylic acids is 1. The summed E-state index contributed by atoms with van der Waals surface area (Å²) in [7, 11) is 1.55. The first-order valence-corrected chi connectivity index (χ1v) is 14.2. The van der Waals surface area contributed by atoms with E-state index in [1.54, 1.807) is 37.4 Å². The minimum atomic E-state index is -4.90. The Hall–Kier alpha value is -3.74. The van der Waals surface area contributed by atoms with E-state index in [-0.39, 0.29) is 30.7 Å². The second kappa shape index (κ2) is 14.8. The Morgan fingerprint density at radius 3 is 2.14 bits per heavy atom. The fourth-order valence-electron chi connectivity index (χ4n) is 5.32. The van der Waals surface area contributed by atoms with Crippen molar-refractivity contribution in [1.82, 2.24) is 10.6 Å². The molecule has 1 aliphatic carbocycles. The maximum absolute atomic E-state index is 14.0. The highest BCUT2D eigenvalue weighted by Crippen LogP contribution is 2.46. The van der Waals surface area contributed by atoms with E-state index in [0.717, 1.165) is 12.1 Å². The average Bonchev–Trinajstić information content (AvgIpc) is 2.94. The highest BCUT2D eigenvalue weighted by atomic mass is 19.4. The van der Waals surface area contributed by atoms with E-state index in [1.165, 1.54) is 19.1 Å². The Morgan fingerprint density at radius 1 is 1.00 bits per heavy atom. The summed E-state index contributed by atoms with van der Waals surface area (Å²) in [6.45, 7) is 3.30. The molecule has 0 heterocycles. The summed E-state index contributed by atoms with van der Waals surface area (Å²) >= 11 is 0. The van der Waals surface area contributed by atoms with Crippen LogP contribution in [0.3, 0.4) is 0 Å². The van der Waals surface area contributed by atoms with Crippen LogP contribution in [0.4, 0.5) is 26.3 Å². The molecule has 0 aromatic heterocycles. The summed E-state index contributed by atoms with van der Waals surface area (Å²) in [6.07, 6.45) is -7.94. The van der Waals surface area contributed by atoms with Gasteiger partial charge in [-0.15, -0.1) is 13.2 Å². The van der Waals surface area contributed by atoms with Crippen molar-refractivity contribution in [2.45, 2.75) is 70.1 Å². The van der Waals surface area contributed by atoms with Crippen LogP contribution in [-0.2, 0) is 9.53 Å². The Labute approximate surface area is 251 Å².